The van der Waals surface area contributed by atoms with Gasteiger partial charge in [-0.1, -0.05) is 17.7 Å². The number of aromatic amines is 1. The van der Waals surface area contributed by atoms with Gasteiger partial charge in [-0.2, -0.15) is 0 Å². The van der Waals surface area contributed by atoms with Crippen molar-refractivity contribution in [3.8, 4) is 11.3 Å². The third-order valence-corrected chi connectivity index (χ3v) is 5.15. The van der Waals surface area contributed by atoms with E-state index in [9.17, 15) is 24.5 Å². The van der Waals surface area contributed by atoms with Crippen LogP contribution >= 0.6 is 22.9 Å². The van der Waals surface area contributed by atoms with Gasteiger partial charge >= 0.3 is 5.97 Å². The summed E-state index contributed by atoms with van der Waals surface area (Å²) in [4.78, 5) is 19.5. The fourth-order valence-electron chi connectivity index (χ4n) is 2.42. The lowest BCUT2D eigenvalue weighted by Crippen LogP contribution is -2.46. The van der Waals surface area contributed by atoms with Gasteiger partial charge in [-0.3, -0.25) is 4.79 Å². The third kappa shape index (κ3) is 4.38. The van der Waals surface area contributed by atoms with Gasteiger partial charge in [-0.15, -0.1) is 11.3 Å². The van der Waals surface area contributed by atoms with Crippen molar-refractivity contribution in [2.75, 3.05) is 0 Å². The number of carbonyl (C=O) groups excluding carboxylic acids is 1. The topological polar surface area (TPSA) is 139 Å². The number of aromatic nitrogens is 2. The second kappa shape index (κ2) is 7.95. The number of aliphatic hydroxyl groups excluding tert-OH is 1. The van der Waals surface area contributed by atoms with E-state index in [2.05, 4.69) is 15.3 Å². The number of halogens is 2. The molecule has 1 unspecified atom stereocenters. The molecule has 28 heavy (non-hydrogen) atoms. The second-order valence-corrected chi connectivity index (χ2v) is 7.39. The van der Waals surface area contributed by atoms with Crippen molar-refractivity contribution >= 4 is 28.8 Å². The van der Waals surface area contributed by atoms with E-state index >= 15 is 0 Å². The summed E-state index contributed by atoms with van der Waals surface area (Å²) in [6, 6.07) is 5.41. The molecule has 2 aromatic heterocycles. The van der Waals surface area contributed by atoms with Crippen LogP contribution in [0.25, 0.3) is 11.3 Å². The minimum atomic E-state index is -3.28. The molecule has 6 N–H and O–H groups in total. The molecule has 0 saturated heterocycles. The Morgan fingerprint density at radius 3 is 2.68 bits per heavy atom. The van der Waals surface area contributed by atoms with Crippen molar-refractivity contribution < 1.29 is 29.6 Å². The van der Waals surface area contributed by atoms with Gasteiger partial charge in [0, 0.05) is 17.5 Å². The number of nitrogens with one attached hydrogen (secondary N) is 2. The normalized spacial score (nSPS) is 12.8. The van der Waals surface area contributed by atoms with Crippen LogP contribution in [0.4, 0.5) is 4.39 Å². The van der Waals surface area contributed by atoms with E-state index < -0.39 is 23.7 Å². The summed E-state index contributed by atoms with van der Waals surface area (Å²) in [5, 5.41) is 40.1. The van der Waals surface area contributed by atoms with Gasteiger partial charge in [-0.25, -0.2) is 9.37 Å². The van der Waals surface area contributed by atoms with E-state index in [1.54, 1.807) is 6.07 Å². The predicted molar refractivity (Wildman–Crippen MR) is 98.8 cm³/mol. The Hall–Kier alpha value is -2.34. The SMILES string of the molecule is O=C(NC(c1ncc(CO)s1)C(O)(O)O)c1ccc(-c2ccc(Cl)c(F)c2)[nH]1. The summed E-state index contributed by atoms with van der Waals surface area (Å²) in [6.45, 7) is -0.328. The molecule has 3 rings (SSSR count). The molecule has 3 aromatic rings. The first-order valence-electron chi connectivity index (χ1n) is 7.87. The van der Waals surface area contributed by atoms with E-state index in [1.807, 2.05) is 0 Å². The van der Waals surface area contributed by atoms with E-state index in [1.165, 1.54) is 30.5 Å². The number of thiazole rings is 1. The Morgan fingerprint density at radius 2 is 2.07 bits per heavy atom. The maximum atomic E-state index is 13.6. The van der Waals surface area contributed by atoms with Crippen LogP contribution in [0.5, 0.6) is 0 Å². The summed E-state index contributed by atoms with van der Waals surface area (Å²) < 4.78 is 13.6. The number of hydrogen-bond acceptors (Lipinski definition) is 7. The van der Waals surface area contributed by atoms with Gasteiger partial charge < -0.3 is 30.7 Å². The number of hydrogen-bond donors (Lipinski definition) is 6. The highest BCUT2D eigenvalue weighted by Gasteiger charge is 2.38. The Balaban J connectivity index is 1.82. The summed E-state index contributed by atoms with van der Waals surface area (Å²) in [7, 11) is 0. The molecule has 0 aliphatic heterocycles. The van der Waals surface area contributed by atoms with Gasteiger partial charge in [0.1, 0.15) is 16.5 Å². The highest BCUT2D eigenvalue weighted by Crippen LogP contribution is 2.28. The molecular formula is C17H15ClFN3O5S. The van der Waals surface area contributed by atoms with E-state index in [-0.39, 0.29) is 22.3 Å². The molecule has 0 fully saturated rings. The molecule has 1 atom stereocenters. The largest absolute Gasteiger partial charge is 0.391 e. The lowest BCUT2D eigenvalue weighted by Gasteiger charge is -2.24. The van der Waals surface area contributed by atoms with Gasteiger partial charge in [0.2, 0.25) is 0 Å². The first kappa shape index (κ1) is 20.4. The summed E-state index contributed by atoms with van der Waals surface area (Å²) in [5.74, 6) is -4.67. The molecule has 11 heteroatoms. The number of nitrogens with zero attached hydrogens (tertiary/aromatic N) is 1. The van der Waals surface area contributed by atoms with E-state index in [4.69, 9.17) is 16.7 Å². The molecular weight excluding hydrogens is 413 g/mol. The van der Waals surface area contributed by atoms with E-state index in [0.29, 0.717) is 16.1 Å². The van der Waals surface area contributed by atoms with Crippen LogP contribution in [0.2, 0.25) is 5.02 Å². The first-order chi connectivity index (χ1) is 13.2. The Labute approximate surface area is 166 Å². The van der Waals surface area contributed by atoms with Crippen LogP contribution in [0, 0.1) is 5.82 Å². The second-order valence-electron chi connectivity index (χ2n) is 5.83. The first-order valence-corrected chi connectivity index (χ1v) is 9.06. The third-order valence-electron chi connectivity index (χ3n) is 3.80. The van der Waals surface area contributed by atoms with Gasteiger partial charge in [0.05, 0.1) is 16.5 Å². The molecule has 0 aliphatic carbocycles. The lowest BCUT2D eigenvalue weighted by molar-refractivity contribution is -0.328. The molecule has 148 valence electrons. The smallest absolute Gasteiger partial charge is 0.303 e. The zero-order valence-electron chi connectivity index (χ0n) is 14.1. The monoisotopic (exact) mass is 427 g/mol. The van der Waals surface area contributed by atoms with Gasteiger partial charge in [0.15, 0.2) is 6.04 Å². The zero-order valence-corrected chi connectivity index (χ0v) is 15.6. The molecule has 0 bridgehead atoms. The maximum absolute atomic E-state index is 13.6. The number of carbonyl (C=O) groups is 1. The summed E-state index contributed by atoms with van der Waals surface area (Å²) in [6.07, 6.45) is 1.28. The minimum Gasteiger partial charge on any atom is -0.391 e. The number of benzene rings is 1. The fraction of sp³-hybridized carbons (Fsp3) is 0.176. The molecule has 0 saturated carbocycles. The fourth-order valence-corrected chi connectivity index (χ4v) is 3.42. The molecule has 2 heterocycles. The van der Waals surface area contributed by atoms with Crippen LogP contribution in [-0.4, -0.2) is 42.3 Å². The predicted octanol–water partition coefficient (Wildman–Crippen LogP) is 1.52. The molecule has 0 radical (unpaired) electrons. The van der Waals surface area contributed by atoms with Crippen molar-refractivity contribution in [1.82, 2.24) is 15.3 Å². The van der Waals surface area contributed by atoms with E-state index in [0.717, 1.165) is 11.3 Å². The summed E-state index contributed by atoms with van der Waals surface area (Å²) in [5.41, 5.74) is 0.904. The number of aliphatic hydroxyl groups is 4. The van der Waals surface area contributed by atoms with Crippen LogP contribution in [0.15, 0.2) is 36.5 Å². The van der Waals surface area contributed by atoms with Crippen molar-refractivity contribution in [2.24, 2.45) is 0 Å². The Morgan fingerprint density at radius 1 is 1.32 bits per heavy atom. The minimum absolute atomic E-state index is 0.0172. The number of rotatable bonds is 6. The zero-order chi connectivity index (χ0) is 20.5. The molecule has 1 aromatic carbocycles. The lowest BCUT2D eigenvalue weighted by atomic mass is 10.1. The average molecular weight is 428 g/mol. The van der Waals surface area contributed by atoms with Crippen LogP contribution in [0.1, 0.15) is 26.4 Å². The van der Waals surface area contributed by atoms with Crippen LogP contribution in [0.3, 0.4) is 0 Å². The molecule has 0 spiro atoms. The Kier molecular flexibility index (Phi) is 5.79. The van der Waals surface area contributed by atoms with Crippen molar-refractivity contribution in [3.05, 3.63) is 62.9 Å². The van der Waals surface area contributed by atoms with Crippen molar-refractivity contribution in [3.63, 3.8) is 0 Å². The van der Waals surface area contributed by atoms with Gasteiger partial charge in [-0.05, 0) is 24.3 Å². The molecule has 1 amide bonds. The highest BCUT2D eigenvalue weighted by atomic mass is 35.5. The highest BCUT2D eigenvalue weighted by molar-refractivity contribution is 7.11. The van der Waals surface area contributed by atoms with Crippen molar-refractivity contribution in [1.29, 1.82) is 0 Å². The quantitative estimate of drug-likeness (QED) is 0.330. The molecule has 8 nitrogen and oxygen atoms in total. The molecule has 0 aliphatic rings. The van der Waals surface area contributed by atoms with Crippen LogP contribution < -0.4 is 5.32 Å². The van der Waals surface area contributed by atoms with Crippen molar-refractivity contribution in [2.45, 2.75) is 18.6 Å². The standard InChI is InChI=1S/C17H15ClFN3O5S/c18-10-2-1-8(5-11(10)19)12-3-4-13(21-12)15(24)22-14(17(25,26)27)16-20-6-9(7-23)28-16/h1-6,14,21,23,25-27H,7H2,(H,22,24). The number of H-pyrrole nitrogens is 1. The summed E-state index contributed by atoms with van der Waals surface area (Å²) >= 11 is 6.54. The maximum Gasteiger partial charge on any atom is 0.303 e. The number of amides is 1. The van der Waals surface area contributed by atoms with Gasteiger partial charge in [0.25, 0.3) is 5.91 Å². The Bertz CT molecular complexity index is 1000. The average Bonchev–Trinajstić information content (AvgIpc) is 3.30. The van der Waals surface area contributed by atoms with Crippen LogP contribution in [-0.2, 0) is 6.61 Å².